The van der Waals surface area contributed by atoms with E-state index >= 15 is 0 Å². The second-order valence-electron chi connectivity index (χ2n) is 7.01. The molecule has 1 aliphatic carbocycles. The van der Waals surface area contributed by atoms with Crippen LogP contribution in [0, 0.1) is 17.7 Å². The SMILES string of the molecule is CCCCC[C@H]1CC[C@H](CCc2ccc(C(=O)Cl)c(F)c2)CC1. The van der Waals surface area contributed by atoms with Crippen molar-refractivity contribution in [3.8, 4) is 0 Å². The van der Waals surface area contributed by atoms with Gasteiger partial charge in [-0.3, -0.25) is 4.79 Å². The molecule has 1 aromatic rings. The number of unbranched alkanes of at least 4 members (excludes halogenated alkanes) is 2. The van der Waals surface area contributed by atoms with Gasteiger partial charge in [0.05, 0.1) is 5.56 Å². The van der Waals surface area contributed by atoms with E-state index in [1.165, 1.54) is 63.5 Å². The molecule has 0 radical (unpaired) electrons. The van der Waals surface area contributed by atoms with Gasteiger partial charge in [-0.15, -0.1) is 0 Å². The maximum atomic E-state index is 13.8. The zero-order valence-corrected chi connectivity index (χ0v) is 14.9. The van der Waals surface area contributed by atoms with E-state index in [2.05, 4.69) is 6.92 Å². The van der Waals surface area contributed by atoms with Crippen LogP contribution >= 0.6 is 11.6 Å². The van der Waals surface area contributed by atoms with Crippen LogP contribution in [0.3, 0.4) is 0 Å². The van der Waals surface area contributed by atoms with Crippen molar-refractivity contribution in [3.05, 3.63) is 35.1 Å². The third-order valence-electron chi connectivity index (χ3n) is 5.27. The van der Waals surface area contributed by atoms with Crippen molar-refractivity contribution < 1.29 is 9.18 Å². The summed E-state index contributed by atoms with van der Waals surface area (Å²) in [6.45, 7) is 2.26. The number of hydrogen-bond acceptors (Lipinski definition) is 1. The number of hydrogen-bond donors (Lipinski definition) is 0. The summed E-state index contributed by atoms with van der Waals surface area (Å²) in [6.07, 6.45) is 12.8. The number of benzene rings is 1. The molecular formula is C20H28ClFO. The molecule has 0 N–H and O–H groups in total. The van der Waals surface area contributed by atoms with Crippen LogP contribution in [0.25, 0.3) is 0 Å². The first-order valence-electron chi connectivity index (χ1n) is 9.08. The maximum absolute atomic E-state index is 13.8. The van der Waals surface area contributed by atoms with Crippen molar-refractivity contribution in [2.75, 3.05) is 0 Å². The number of halogens is 2. The summed E-state index contributed by atoms with van der Waals surface area (Å²) >= 11 is 5.34. The minimum absolute atomic E-state index is 0.0250. The highest BCUT2D eigenvalue weighted by Gasteiger charge is 2.20. The highest BCUT2D eigenvalue weighted by atomic mass is 35.5. The fourth-order valence-electron chi connectivity index (χ4n) is 3.74. The average molecular weight is 339 g/mol. The summed E-state index contributed by atoms with van der Waals surface area (Å²) in [5.74, 6) is 1.21. The van der Waals surface area contributed by atoms with E-state index < -0.39 is 11.1 Å². The molecule has 1 fully saturated rings. The molecule has 3 heteroatoms. The first kappa shape index (κ1) is 18.4. The molecule has 1 aliphatic rings. The lowest BCUT2D eigenvalue weighted by molar-refractivity contribution is 0.107. The Bertz CT molecular complexity index is 506. The molecule has 1 saturated carbocycles. The highest BCUT2D eigenvalue weighted by molar-refractivity contribution is 6.67. The van der Waals surface area contributed by atoms with Crippen LogP contribution in [0.4, 0.5) is 4.39 Å². The lowest BCUT2D eigenvalue weighted by Gasteiger charge is -2.28. The Hall–Kier alpha value is -0.890. The molecule has 23 heavy (non-hydrogen) atoms. The molecule has 0 bridgehead atoms. The van der Waals surface area contributed by atoms with Gasteiger partial charge in [-0.2, -0.15) is 0 Å². The van der Waals surface area contributed by atoms with Crippen molar-refractivity contribution in [2.24, 2.45) is 11.8 Å². The molecule has 2 rings (SSSR count). The summed E-state index contributed by atoms with van der Waals surface area (Å²) in [7, 11) is 0. The van der Waals surface area contributed by atoms with E-state index in [4.69, 9.17) is 11.6 Å². The Morgan fingerprint density at radius 1 is 1.13 bits per heavy atom. The van der Waals surface area contributed by atoms with Gasteiger partial charge in [-0.1, -0.05) is 64.4 Å². The molecule has 1 aromatic carbocycles. The number of carbonyl (C=O) groups excluding carboxylic acids is 1. The van der Waals surface area contributed by atoms with Crippen LogP contribution in [-0.4, -0.2) is 5.24 Å². The second-order valence-corrected chi connectivity index (χ2v) is 7.35. The van der Waals surface area contributed by atoms with Gasteiger partial charge in [0.2, 0.25) is 0 Å². The fourth-order valence-corrected chi connectivity index (χ4v) is 3.89. The Morgan fingerprint density at radius 3 is 2.35 bits per heavy atom. The Kier molecular flexibility index (Phi) is 7.55. The Morgan fingerprint density at radius 2 is 1.78 bits per heavy atom. The summed E-state index contributed by atoms with van der Waals surface area (Å²) < 4.78 is 13.8. The molecule has 128 valence electrons. The third kappa shape index (κ3) is 5.91. The summed E-state index contributed by atoms with van der Waals surface area (Å²) in [5.41, 5.74) is 0.942. The van der Waals surface area contributed by atoms with E-state index in [0.717, 1.165) is 30.2 Å². The lowest BCUT2D eigenvalue weighted by atomic mass is 9.78. The molecule has 0 aromatic heterocycles. The van der Waals surface area contributed by atoms with Gasteiger partial charge < -0.3 is 0 Å². The van der Waals surface area contributed by atoms with Crippen LogP contribution in [0.15, 0.2) is 18.2 Å². The molecular weight excluding hydrogens is 311 g/mol. The van der Waals surface area contributed by atoms with E-state index in [9.17, 15) is 9.18 Å². The number of aryl methyl sites for hydroxylation is 1. The Labute approximate surface area is 144 Å². The van der Waals surface area contributed by atoms with Crippen molar-refractivity contribution in [1.29, 1.82) is 0 Å². The molecule has 0 spiro atoms. The molecule has 0 atom stereocenters. The largest absolute Gasteiger partial charge is 0.275 e. The quantitative estimate of drug-likeness (QED) is 0.389. The van der Waals surface area contributed by atoms with Gasteiger partial charge in [0.25, 0.3) is 5.24 Å². The van der Waals surface area contributed by atoms with Crippen LogP contribution in [-0.2, 0) is 6.42 Å². The second kappa shape index (κ2) is 9.42. The van der Waals surface area contributed by atoms with Gasteiger partial charge in [-0.25, -0.2) is 4.39 Å². The summed E-state index contributed by atoms with van der Waals surface area (Å²) in [4.78, 5) is 11.0. The molecule has 1 nitrogen and oxygen atoms in total. The minimum atomic E-state index is -0.726. The van der Waals surface area contributed by atoms with Gasteiger partial charge >= 0.3 is 0 Å². The van der Waals surface area contributed by atoms with Crippen molar-refractivity contribution in [1.82, 2.24) is 0 Å². The molecule has 0 amide bonds. The zero-order valence-electron chi connectivity index (χ0n) is 14.1. The van der Waals surface area contributed by atoms with Crippen LogP contribution in [0.1, 0.15) is 80.6 Å². The predicted molar refractivity (Wildman–Crippen MR) is 94.5 cm³/mol. The van der Waals surface area contributed by atoms with Gasteiger partial charge in [-0.05, 0) is 54.0 Å². The third-order valence-corrected chi connectivity index (χ3v) is 5.47. The maximum Gasteiger partial charge on any atom is 0.255 e. The van der Waals surface area contributed by atoms with Gasteiger partial charge in [0, 0.05) is 0 Å². The van der Waals surface area contributed by atoms with Crippen LogP contribution in [0.5, 0.6) is 0 Å². The monoisotopic (exact) mass is 338 g/mol. The molecule has 0 unspecified atom stereocenters. The zero-order chi connectivity index (χ0) is 16.7. The van der Waals surface area contributed by atoms with E-state index in [0.29, 0.717) is 0 Å². The predicted octanol–water partition coefficient (Wildman–Crippen LogP) is 6.52. The van der Waals surface area contributed by atoms with Gasteiger partial charge in [0.15, 0.2) is 0 Å². The van der Waals surface area contributed by atoms with Crippen molar-refractivity contribution >= 4 is 16.8 Å². The van der Waals surface area contributed by atoms with E-state index in [1.807, 2.05) is 6.07 Å². The number of carbonyl (C=O) groups is 1. The standard InChI is InChI=1S/C20H28ClFO/c1-2-3-4-5-15-6-8-16(9-7-15)10-11-17-12-13-18(20(21)23)19(22)14-17/h12-16H,2-11H2,1H3/t15-,16-. The summed E-state index contributed by atoms with van der Waals surface area (Å²) in [5, 5.41) is -0.726. The first-order chi connectivity index (χ1) is 11.1. The van der Waals surface area contributed by atoms with Crippen LogP contribution in [0.2, 0.25) is 0 Å². The molecule has 0 aliphatic heterocycles. The number of rotatable bonds is 8. The normalized spacial score (nSPS) is 21.3. The fraction of sp³-hybridized carbons (Fsp3) is 0.650. The topological polar surface area (TPSA) is 17.1 Å². The summed E-state index contributed by atoms with van der Waals surface area (Å²) in [6, 6.07) is 4.80. The van der Waals surface area contributed by atoms with Crippen molar-refractivity contribution in [3.63, 3.8) is 0 Å². The Balaban J connectivity index is 1.73. The first-order valence-corrected chi connectivity index (χ1v) is 9.46. The van der Waals surface area contributed by atoms with Crippen molar-refractivity contribution in [2.45, 2.75) is 71.1 Å². The van der Waals surface area contributed by atoms with E-state index in [-0.39, 0.29) is 5.56 Å². The lowest BCUT2D eigenvalue weighted by Crippen LogP contribution is -2.15. The smallest absolute Gasteiger partial charge is 0.255 e. The molecule has 0 saturated heterocycles. The van der Waals surface area contributed by atoms with E-state index in [1.54, 1.807) is 0 Å². The highest BCUT2D eigenvalue weighted by Crippen LogP contribution is 2.34. The minimum Gasteiger partial charge on any atom is -0.275 e. The van der Waals surface area contributed by atoms with Crippen LogP contribution < -0.4 is 0 Å². The van der Waals surface area contributed by atoms with Gasteiger partial charge in [0.1, 0.15) is 5.82 Å². The average Bonchev–Trinajstić information content (AvgIpc) is 2.54. The molecule has 0 heterocycles.